The van der Waals surface area contributed by atoms with Crippen LogP contribution in [0.1, 0.15) is 12.8 Å². The van der Waals surface area contributed by atoms with Crippen LogP contribution in [-0.2, 0) is 16.0 Å². The Morgan fingerprint density at radius 1 is 1.09 bits per heavy atom. The number of hydrogen-bond donors (Lipinski definition) is 3. The van der Waals surface area contributed by atoms with Crippen molar-refractivity contribution in [3.05, 3.63) is 18.7 Å². The van der Waals surface area contributed by atoms with E-state index in [4.69, 9.17) is 30.7 Å². The molecule has 0 radical (unpaired) electrons. The van der Waals surface area contributed by atoms with E-state index < -0.39 is 12.3 Å². The molecule has 2 aliphatic rings. The van der Waals surface area contributed by atoms with Crippen molar-refractivity contribution < 1.29 is 29.3 Å². The molecule has 1 saturated carbocycles. The Labute approximate surface area is 187 Å². The quantitative estimate of drug-likeness (QED) is 0.376. The predicted octanol–water partition coefficient (Wildman–Crippen LogP) is 1.47. The largest absolute Gasteiger partial charge is 0.516 e. The lowest BCUT2D eigenvalue weighted by molar-refractivity contribution is 0.0802. The highest BCUT2D eigenvalue weighted by Gasteiger charge is 2.25. The van der Waals surface area contributed by atoms with Crippen LogP contribution in [0.4, 0.5) is 21.4 Å². The van der Waals surface area contributed by atoms with Gasteiger partial charge >= 0.3 is 12.3 Å². The second kappa shape index (κ2) is 9.60. The molecular formula is C19H22N8O6. The molecule has 1 aliphatic heterocycles. The minimum Gasteiger partial charge on any atom is -0.449 e. The highest BCUT2D eigenvalue weighted by atomic mass is 16.7. The first-order valence-corrected chi connectivity index (χ1v) is 10.2. The zero-order valence-corrected chi connectivity index (χ0v) is 17.5. The van der Waals surface area contributed by atoms with Crippen LogP contribution in [0.3, 0.4) is 0 Å². The summed E-state index contributed by atoms with van der Waals surface area (Å²) in [5, 5.41) is 15.0. The molecule has 3 aromatic rings. The van der Waals surface area contributed by atoms with Crippen LogP contribution in [0.5, 0.6) is 0 Å². The van der Waals surface area contributed by atoms with Gasteiger partial charge in [0.15, 0.2) is 22.8 Å². The third-order valence-electron chi connectivity index (χ3n) is 5.01. The lowest BCUT2D eigenvalue weighted by Crippen LogP contribution is -2.37. The Morgan fingerprint density at radius 3 is 2.33 bits per heavy atom. The lowest BCUT2D eigenvalue weighted by atomic mass is 10.3. The smallest absolute Gasteiger partial charge is 0.449 e. The first-order valence-electron chi connectivity index (χ1n) is 10.2. The van der Waals surface area contributed by atoms with Gasteiger partial charge in [-0.25, -0.2) is 34.5 Å². The van der Waals surface area contributed by atoms with Crippen LogP contribution < -0.4 is 10.6 Å². The first-order chi connectivity index (χ1) is 15.9. The van der Waals surface area contributed by atoms with Crippen LogP contribution in [0.25, 0.3) is 22.6 Å². The van der Waals surface area contributed by atoms with E-state index in [9.17, 15) is 9.59 Å². The summed E-state index contributed by atoms with van der Waals surface area (Å²) in [6.45, 7) is 3.91. The number of anilines is 2. The fraction of sp³-hybridized carbons (Fsp3) is 0.421. The van der Waals surface area contributed by atoms with Crippen molar-refractivity contribution in [2.75, 3.05) is 36.9 Å². The number of aromatic nitrogens is 6. The van der Waals surface area contributed by atoms with Gasteiger partial charge in [0.05, 0.1) is 25.1 Å². The van der Waals surface area contributed by atoms with Gasteiger partial charge in [0, 0.05) is 32.0 Å². The van der Waals surface area contributed by atoms with Crippen LogP contribution in [0.15, 0.2) is 18.7 Å². The van der Waals surface area contributed by atoms with Crippen molar-refractivity contribution in [2.24, 2.45) is 5.92 Å². The lowest BCUT2D eigenvalue weighted by Gasteiger charge is -2.28. The molecule has 0 atom stereocenters. The molecule has 0 aromatic carbocycles. The van der Waals surface area contributed by atoms with E-state index in [1.54, 1.807) is 12.4 Å². The number of nitrogens with two attached hydrogens (primary N) is 1. The monoisotopic (exact) mass is 458 g/mol. The van der Waals surface area contributed by atoms with Gasteiger partial charge in [0.1, 0.15) is 0 Å². The summed E-state index contributed by atoms with van der Waals surface area (Å²) in [5.41, 5.74) is 8.06. The van der Waals surface area contributed by atoms with Crippen molar-refractivity contribution in [1.29, 1.82) is 0 Å². The number of ether oxygens (including phenoxy) is 2. The molecule has 0 unspecified atom stereocenters. The van der Waals surface area contributed by atoms with Crippen molar-refractivity contribution in [2.45, 2.75) is 19.4 Å². The number of rotatable bonds is 4. The number of imidazole rings is 1. The van der Waals surface area contributed by atoms with E-state index in [0.29, 0.717) is 19.0 Å². The van der Waals surface area contributed by atoms with Crippen molar-refractivity contribution in [3.63, 3.8) is 0 Å². The number of fused-ring (bicyclic) bond motifs is 1. The van der Waals surface area contributed by atoms with Gasteiger partial charge in [-0.05, 0) is 18.8 Å². The van der Waals surface area contributed by atoms with Crippen LogP contribution in [0.2, 0.25) is 0 Å². The molecule has 1 saturated heterocycles. The molecule has 4 heterocycles. The summed E-state index contributed by atoms with van der Waals surface area (Å²) in [6, 6.07) is 0. The number of nitrogens with zero attached hydrogens (tertiary/aromatic N) is 7. The highest BCUT2D eigenvalue weighted by Crippen LogP contribution is 2.33. The van der Waals surface area contributed by atoms with Gasteiger partial charge in [-0.1, -0.05) is 0 Å². The average molecular weight is 458 g/mol. The fourth-order valence-electron chi connectivity index (χ4n) is 3.29. The summed E-state index contributed by atoms with van der Waals surface area (Å²) >= 11 is 0. The Bertz CT molecular complexity index is 1130. The molecule has 3 aromatic heterocycles. The molecular weight excluding hydrogens is 436 g/mol. The second-order valence-corrected chi connectivity index (χ2v) is 7.45. The highest BCUT2D eigenvalue weighted by molar-refractivity contribution is 5.85. The van der Waals surface area contributed by atoms with E-state index in [1.165, 1.54) is 12.8 Å². The summed E-state index contributed by atoms with van der Waals surface area (Å²) in [6.07, 6.45) is 4.13. The van der Waals surface area contributed by atoms with Gasteiger partial charge in [0.2, 0.25) is 5.95 Å². The van der Waals surface area contributed by atoms with Crippen molar-refractivity contribution in [3.8, 4) is 11.4 Å². The maximum absolute atomic E-state index is 9.21. The Kier molecular flexibility index (Phi) is 6.44. The normalized spacial score (nSPS) is 15.6. The number of carbonyl (C=O) groups is 2. The van der Waals surface area contributed by atoms with Crippen molar-refractivity contribution >= 4 is 35.2 Å². The molecule has 2 fully saturated rings. The molecule has 5 rings (SSSR count). The van der Waals surface area contributed by atoms with Crippen LogP contribution in [-0.4, -0.2) is 78.3 Å². The molecule has 33 heavy (non-hydrogen) atoms. The molecule has 0 bridgehead atoms. The SMILES string of the molecule is Nc1ncc(-c2nc(N3CCOCC3)c3ncn(CC4CC4)c3n2)cn1.O=C(O)OC(=O)O. The van der Waals surface area contributed by atoms with E-state index in [-0.39, 0.29) is 5.95 Å². The van der Waals surface area contributed by atoms with Gasteiger partial charge in [-0.15, -0.1) is 0 Å². The standard InChI is InChI=1S/C17H20N8O.C2H2O5/c18-17-19-7-12(8-20-17)14-22-15(24-3-5-26-6-4-24)13-16(23-14)25(10-21-13)9-11-1-2-11;3-1(4)7-2(5)6/h7-8,10-11H,1-6,9H2,(H2,18,19,20);(H,3,4)(H,5,6). The topological polar surface area (TPSA) is 192 Å². The van der Waals surface area contributed by atoms with E-state index in [2.05, 4.69) is 29.2 Å². The maximum Gasteiger partial charge on any atom is 0.516 e. The van der Waals surface area contributed by atoms with Gasteiger partial charge in [0.25, 0.3) is 0 Å². The Hall–Kier alpha value is -4.07. The zero-order chi connectivity index (χ0) is 23.4. The summed E-state index contributed by atoms with van der Waals surface area (Å²) in [7, 11) is 0. The second-order valence-electron chi connectivity index (χ2n) is 7.45. The molecule has 1 aliphatic carbocycles. The number of carboxylic acid groups (broad SMARTS) is 2. The van der Waals surface area contributed by atoms with Crippen molar-refractivity contribution in [1.82, 2.24) is 29.5 Å². The number of nitrogen functional groups attached to an aromatic ring is 1. The summed E-state index contributed by atoms with van der Waals surface area (Å²) in [5.74, 6) is 2.41. The van der Waals surface area contributed by atoms with Gasteiger partial charge in [-0.3, -0.25) is 0 Å². The van der Waals surface area contributed by atoms with Crippen LogP contribution in [0, 0.1) is 5.92 Å². The predicted molar refractivity (Wildman–Crippen MR) is 114 cm³/mol. The van der Waals surface area contributed by atoms with Crippen LogP contribution >= 0.6 is 0 Å². The molecule has 14 nitrogen and oxygen atoms in total. The third-order valence-corrected chi connectivity index (χ3v) is 5.01. The summed E-state index contributed by atoms with van der Waals surface area (Å²) < 4.78 is 10.7. The molecule has 0 amide bonds. The van der Waals surface area contributed by atoms with Gasteiger partial charge in [-0.2, -0.15) is 0 Å². The molecule has 174 valence electrons. The maximum atomic E-state index is 9.21. The zero-order valence-electron chi connectivity index (χ0n) is 17.5. The van der Waals surface area contributed by atoms with Gasteiger partial charge < -0.3 is 34.9 Å². The minimum atomic E-state index is -1.81. The van der Waals surface area contributed by atoms with E-state index in [0.717, 1.165) is 48.1 Å². The Morgan fingerprint density at radius 2 is 1.76 bits per heavy atom. The Balaban J connectivity index is 0.000000325. The summed E-state index contributed by atoms with van der Waals surface area (Å²) in [4.78, 5) is 43.0. The third kappa shape index (κ3) is 5.60. The molecule has 4 N–H and O–H groups in total. The van der Waals surface area contributed by atoms with E-state index >= 15 is 0 Å². The number of morpholine rings is 1. The number of hydrogen-bond acceptors (Lipinski definition) is 11. The fourth-order valence-corrected chi connectivity index (χ4v) is 3.29. The average Bonchev–Trinajstić information content (AvgIpc) is 3.52. The van der Waals surface area contributed by atoms with E-state index in [1.807, 2.05) is 6.33 Å². The molecule has 14 heteroatoms. The minimum absolute atomic E-state index is 0.238. The first kappa shape index (κ1) is 22.1. The molecule has 0 spiro atoms.